The van der Waals surface area contributed by atoms with E-state index < -0.39 is 0 Å². The first-order valence-electron chi connectivity index (χ1n) is 5.54. The first-order chi connectivity index (χ1) is 7.61. The first kappa shape index (κ1) is 11.1. The molecule has 3 heteroatoms. The molecule has 1 N–H and O–H groups in total. The number of nitrogens with one attached hydrogen (secondary N) is 1. The highest BCUT2D eigenvalue weighted by atomic mass is 19.1. The molecule has 16 heavy (non-hydrogen) atoms. The zero-order valence-electron chi connectivity index (χ0n) is 9.80. The molecule has 2 aromatic rings. The molecular weight excluding hydrogens is 205 g/mol. The van der Waals surface area contributed by atoms with Crippen LogP contribution in [-0.2, 0) is 0 Å². The summed E-state index contributed by atoms with van der Waals surface area (Å²) in [5.74, 6) is 0.638. The van der Waals surface area contributed by atoms with Gasteiger partial charge in [0.05, 0.1) is 6.04 Å². The fraction of sp³-hybridized carbons (Fsp3) is 0.385. The zero-order valence-corrected chi connectivity index (χ0v) is 9.80. The molecule has 1 aromatic heterocycles. The Morgan fingerprint density at radius 1 is 1.38 bits per heavy atom. The number of furan rings is 1. The average molecular weight is 221 g/mol. The number of hydrogen-bond acceptors (Lipinski definition) is 2. The van der Waals surface area contributed by atoms with E-state index in [1.54, 1.807) is 0 Å². The number of fused-ring (bicyclic) bond motifs is 1. The Balaban J connectivity index is 2.47. The molecule has 0 saturated carbocycles. The van der Waals surface area contributed by atoms with Gasteiger partial charge in [-0.3, -0.25) is 0 Å². The van der Waals surface area contributed by atoms with Crippen molar-refractivity contribution in [2.24, 2.45) is 0 Å². The lowest BCUT2D eigenvalue weighted by molar-refractivity contribution is 0.458. The lowest BCUT2D eigenvalue weighted by Crippen LogP contribution is -2.16. The SMILES string of the molecule is CCNC(C)c1cc2cc(F)cc(C)c2o1. The molecule has 0 aliphatic heterocycles. The summed E-state index contributed by atoms with van der Waals surface area (Å²) in [5, 5.41) is 4.10. The van der Waals surface area contributed by atoms with Crippen LogP contribution in [0.25, 0.3) is 11.0 Å². The Morgan fingerprint density at radius 2 is 2.12 bits per heavy atom. The molecule has 0 bridgehead atoms. The molecule has 0 fully saturated rings. The summed E-state index contributed by atoms with van der Waals surface area (Å²) in [5.41, 5.74) is 1.62. The van der Waals surface area contributed by atoms with Crippen LogP contribution in [0.4, 0.5) is 4.39 Å². The van der Waals surface area contributed by atoms with Crippen molar-refractivity contribution < 1.29 is 8.81 Å². The topological polar surface area (TPSA) is 25.2 Å². The predicted molar refractivity (Wildman–Crippen MR) is 63.0 cm³/mol. The lowest BCUT2D eigenvalue weighted by Gasteiger charge is -2.07. The van der Waals surface area contributed by atoms with E-state index in [1.165, 1.54) is 12.1 Å². The van der Waals surface area contributed by atoms with E-state index in [2.05, 4.69) is 5.32 Å². The predicted octanol–water partition coefficient (Wildman–Crippen LogP) is 3.55. The minimum Gasteiger partial charge on any atom is -0.459 e. The second-order valence-corrected chi connectivity index (χ2v) is 4.07. The molecule has 2 nitrogen and oxygen atoms in total. The summed E-state index contributed by atoms with van der Waals surface area (Å²) >= 11 is 0. The van der Waals surface area contributed by atoms with Crippen LogP contribution in [0.15, 0.2) is 22.6 Å². The van der Waals surface area contributed by atoms with Crippen molar-refractivity contribution in [3.63, 3.8) is 0 Å². The Morgan fingerprint density at radius 3 is 2.81 bits per heavy atom. The van der Waals surface area contributed by atoms with E-state index in [0.29, 0.717) is 0 Å². The molecule has 1 aromatic carbocycles. The molecule has 0 radical (unpaired) electrons. The van der Waals surface area contributed by atoms with Crippen LogP contribution in [-0.4, -0.2) is 6.54 Å². The van der Waals surface area contributed by atoms with E-state index in [-0.39, 0.29) is 11.9 Å². The minimum absolute atomic E-state index is 0.153. The summed E-state index contributed by atoms with van der Waals surface area (Å²) in [6.45, 7) is 6.82. The molecule has 0 aliphatic carbocycles. The van der Waals surface area contributed by atoms with Gasteiger partial charge in [0.2, 0.25) is 0 Å². The van der Waals surface area contributed by atoms with Gasteiger partial charge in [0.15, 0.2) is 0 Å². The molecule has 1 unspecified atom stereocenters. The smallest absolute Gasteiger partial charge is 0.137 e. The lowest BCUT2D eigenvalue weighted by atomic mass is 10.1. The number of rotatable bonds is 3. The van der Waals surface area contributed by atoms with Crippen molar-refractivity contribution in [1.82, 2.24) is 5.32 Å². The molecule has 86 valence electrons. The zero-order chi connectivity index (χ0) is 11.7. The Hall–Kier alpha value is -1.35. The Labute approximate surface area is 94.4 Å². The van der Waals surface area contributed by atoms with Crippen molar-refractivity contribution in [2.45, 2.75) is 26.8 Å². The van der Waals surface area contributed by atoms with Gasteiger partial charge >= 0.3 is 0 Å². The largest absolute Gasteiger partial charge is 0.459 e. The van der Waals surface area contributed by atoms with Gasteiger partial charge in [0.25, 0.3) is 0 Å². The van der Waals surface area contributed by atoms with Gasteiger partial charge in [0, 0.05) is 5.39 Å². The first-order valence-corrected chi connectivity index (χ1v) is 5.54. The third-order valence-corrected chi connectivity index (χ3v) is 2.72. The van der Waals surface area contributed by atoms with Gasteiger partial charge in [-0.15, -0.1) is 0 Å². The van der Waals surface area contributed by atoms with Crippen LogP contribution in [0.5, 0.6) is 0 Å². The maximum atomic E-state index is 13.2. The summed E-state index contributed by atoms with van der Waals surface area (Å²) in [6, 6.07) is 5.06. The van der Waals surface area contributed by atoms with Crippen LogP contribution in [0.1, 0.15) is 31.2 Å². The van der Waals surface area contributed by atoms with Crippen LogP contribution in [0.2, 0.25) is 0 Å². The fourth-order valence-corrected chi connectivity index (χ4v) is 1.92. The maximum Gasteiger partial charge on any atom is 0.137 e. The summed E-state index contributed by atoms with van der Waals surface area (Å²) in [7, 11) is 0. The molecule has 0 saturated heterocycles. The van der Waals surface area contributed by atoms with Gasteiger partial charge in [-0.05, 0) is 44.2 Å². The van der Waals surface area contributed by atoms with Gasteiger partial charge in [-0.25, -0.2) is 4.39 Å². The molecular formula is C13H16FNO. The number of aryl methyl sites for hydroxylation is 1. The van der Waals surface area contributed by atoms with Gasteiger partial charge in [-0.1, -0.05) is 6.92 Å². The molecule has 1 heterocycles. The van der Waals surface area contributed by atoms with E-state index in [0.717, 1.165) is 28.8 Å². The van der Waals surface area contributed by atoms with Gasteiger partial charge in [-0.2, -0.15) is 0 Å². The monoisotopic (exact) mass is 221 g/mol. The van der Waals surface area contributed by atoms with E-state index in [1.807, 2.05) is 26.8 Å². The second-order valence-electron chi connectivity index (χ2n) is 4.07. The van der Waals surface area contributed by atoms with Crippen LogP contribution >= 0.6 is 0 Å². The third kappa shape index (κ3) is 1.95. The van der Waals surface area contributed by atoms with Crippen LogP contribution in [0.3, 0.4) is 0 Å². The van der Waals surface area contributed by atoms with E-state index >= 15 is 0 Å². The molecule has 0 amide bonds. The second kappa shape index (κ2) is 4.26. The maximum absolute atomic E-state index is 13.2. The van der Waals surface area contributed by atoms with Crippen molar-refractivity contribution in [3.05, 3.63) is 35.3 Å². The van der Waals surface area contributed by atoms with Gasteiger partial charge < -0.3 is 9.73 Å². The minimum atomic E-state index is -0.214. The fourth-order valence-electron chi connectivity index (χ4n) is 1.92. The van der Waals surface area contributed by atoms with E-state index in [4.69, 9.17) is 4.42 Å². The quantitative estimate of drug-likeness (QED) is 0.857. The van der Waals surface area contributed by atoms with Crippen LogP contribution < -0.4 is 5.32 Å². The molecule has 0 spiro atoms. The Kier molecular flexibility index (Phi) is 2.97. The standard InChI is InChI=1S/C13H16FNO/c1-4-15-9(3)12-7-10-6-11(14)5-8(2)13(10)16-12/h5-7,9,15H,4H2,1-3H3. The third-order valence-electron chi connectivity index (χ3n) is 2.72. The normalized spacial score (nSPS) is 13.2. The number of benzene rings is 1. The van der Waals surface area contributed by atoms with Crippen LogP contribution in [0, 0.1) is 12.7 Å². The average Bonchev–Trinajstić information content (AvgIpc) is 2.62. The highest BCUT2D eigenvalue weighted by molar-refractivity contribution is 5.81. The van der Waals surface area contributed by atoms with E-state index in [9.17, 15) is 4.39 Å². The molecule has 2 rings (SSSR count). The highest BCUT2D eigenvalue weighted by Gasteiger charge is 2.12. The summed E-state index contributed by atoms with van der Waals surface area (Å²) in [4.78, 5) is 0. The van der Waals surface area contributed by atoms with Crippen molar-refractivity contribution in [3.8, 4) is 0 Å². The summed E-state index contributed by atoms with van der Waals surface area (Å²) in [6.07, 6.45) is 0. The number of halogens is 1. The van der Waals surface area contributed by atoms with Gasteiger partial charge in [0.1, 0.15) is 17.2 Å². The molecule has 0 aliphatic rings. The Bertz CT molecular complexity index is 504. The molecule has 1 atom stereocenters. The highest BCUT2D eigenvalue weighted by Crippen LogP contribution is 2.27. The summed E-state index contributed by atoms with van der Waals surface area (Å²) < 4.78 is 18.9. The number of hydrogen-bond donors (Lipinski definition) is 1. The van der Waals surface area contributed by atoms with Crippen molar-refractivity contribution in [2.75, 3.05) is 6.54 Å². The van der Waals surface area contributed by atoms with Crippen molar-refractivity contribution >= 4 is 11.0 Å². The van der Waals surface area contributed by atoms with Crippen molar-refractivity contribution in [1.29, 1.82) is 0 Å².